The minimum Gasteiger partial charge on any atom is -0.328 e. The van der Waals surface area contributed by atoms with E-state index in [1.165, 1.54) is 12.1 Å². The molecule has 1 N–H and O–H groups in total. The summed E-state index contributed by atoms with van der Waals surface area (Å²) >= 11 is 0. The lowest BCUT2D eigenvalue weighted by atomic mass is 9.73. The van der Waals surface area contributed by atoms with Crippen molar-refractivity contribution in [1.29, 1.82) is 0 Å². The van der Waals surface area contributed by atoms with Crippen molar-refractivity contribution in [2.24, 2.45) is 5.41 Å². The number of fused-ring (bicyclic) bond motifs is 1. The SMILES string of the molecule is CC1(C)CC(=O)C2=C(C1)Nc1nc(-c3ccc(F)cc3)nn1C2c1ccccc1. The van der Waals surface area contributed by atoms with Gasteiger partial charge in [-0.25, -0.2) is 9.07 Å². The summed E-state index contributed by atoms with van der Waals surface area (Å²) in [5.41, 5.74) is 3.30. The van der Waals surface area contributed by atoms with Crippen molar-refractivity contribution in [2.75, 3.05) is 5.32 Å². The first kappa shape index (κ1) is 17.8. The van der Waals surface area contributed by atoms with E-state index in [9.17, 15) is 9.18 Å². The standard InChI is InChI=1S/C23H21FN4O/c1-23(2)12-17-19(18(29)13-23)20(14-6-4-3-5-7-14)28-22(25-17)26-21(27-28)15-8-10-16(24)11-9-15/h3-11,20H,12-13H2,1-2H3,(H,25,26,27). The number of ketones is 1. The molecule has 1 aliphatic heterocycles. The number of hydrogen-bond acceptors (Lipinski definition) is 4. The summed E-state index contributed by atoms with van der Waals surface area (Å²) in [4.78, 5) is 17.8. The van der Waals surface area contributed by atoms with Crippen molar-refractivity contribution >= 4 is 11.7 Å². The molecule has 146 valence electrons. The predicted octanol–water partition coefficient (Wildman–Crippen LogP) is 4.74. The van der Waals surface area contributed by atoms with Crippen LogP contribution >= 0.6 is 0 Å². The molecule has 0 saturated carbocycles. The van der Waals surface area contributed by atoms with Gasteiger partial charge in [-0.1, -0.05) is 44.2 Å². The Labute approximate surface area is 168 Å². The molecular weight excluding hydrogens is 367 g/mol. The summed E-state index contributed by atoms with van der Waals surface area (Å²) < 4.78 is 15.1. The van der Waals surface area contributed by atoms with Crippen LogP contribution in [0.3, 0.4) is 0 Å². The highest BCUT2D eigenvalue weighted by atomic mass is 19.1. The van der Waals surface area contributed by atoms with Crippen molar-refractivity contribution in [3.8, 4) is 11.4 Å². The maximum Gasteiger partial charge on any atom is 0.226 e. The Morgan fingerprint density at radius 3 is 2.52 bits per heavy atom. The van der Waals surface area contributed by atoms with Crippen LogP contribution in [-0.2, 0) is 4.79 Å². The van der Waals surface area contributed by atoms with Crippen LogP contribution in [-0.4, -0.2) is 20.5 Å². The number of aromatic nitrogens is 3. The highest BCUT2D eigenvalue weighted by Gasteiger charge is 2.41. The number of benzene rings is 2. The minimum absolute atomic E-state index is 0.105. The van der Waals surface area contributed by atoms with Gasteiger partial charge in [0.1, 0.15) is 11.9 Å². The Hall–Kier alpha value is -3.28. The summed E-state index contributed by atoms with van der Waals surface area (Å²) in [6.45, 7) is 4.22. The summed E-state index contributed by atoms with van der Waals surface area (Å²) in [7, 11) is 0. The van der Waals surface area contributed by atoms with Gasteiger partial charge in [-0.2, -0.15) is 4.98 Å². The Morgan fingerprint density at radius 1 is 1.07 bits per heavy atom. The molecule has 1 atom stereocenters. The van der Waals surface area contributed by atoms with Crippen LogP contribution in [0.4, 0.5) is 10.3 Å². The van der Waals surface area contributed by atoms with Crippen LogP contribution in [0.5, 0.6) is 0 Å². The summed E-state index contributed by atoms with van der Waals surface area (Å²) in [5, 5.41) is 8.06. The Bertz CT molecular complexity index is 1130. The molecule has 0 spiro atoms. The maximum atomic E-state index is 13.3. The highest BCUT2D eigenvalue weighted by molar-refractivity contribution is 6.00. The van der Waals surface area contributed by atoms with Crippen molar-refractivity contribution in [2.45, 2.75) is 32.7 Å². The molecule has 0 amide bonds. The van der Waals surface area contributed by atoms with Crippen molar-refractivity contribution in [3.63, 3.8) is 0 Å². The third-order valence-electron chi connectivity index (χ3n) is 5.55. The molecule has 2 heterocycles. The molecule has 0 bridgehead atoms. The van der Waals surface area contributed by atoms with E-state index in [1.807, 2.05) is 30.3 Å². The van der Waals surface area contributed by atoms with E-state index in [0.717, 1.165) is 28.8 Å². The molecule has 0 saturated heterocycles. The molecule has 6 heteroatoms. The number of carbonyl (C=O) groups is 1. The lowest BCUT2D eigenvalue weighted by molar-refractivity contribution is -0.118. The zero-order chi connectivity index (χ0) is 20.2. The quantitative estimate of drug-likeness (QED) is 0.689. The Kier molecular flexibility index (Phi) is 3.91. The normalized spacial score (nSPS) is 20.1. The number of nitrogens with zero attached hydrogens (tertiary/aromatic N) is 3. The Morgan fingerprint density at radius 2 is 1.79 bits per heavy atom. The molecule has 0 fully saturated rings. The van der Waals surface area contributed by atoms with Gasteiger partial charge in [0.15, 0.2) is 11.6 Å². The molecule has 5 nitrogen and oxygen atoms in total. The second-order valence-corrected chi connectivity index (χ2v) is 8.48. The Balaban J connectivity index is 1.67. The molecule has 3 aromatic rings. The van der Waals surface area contributed by atoms with Crippen LogP contribution in [0.15, 0.2) is 65.9 Å². The maximum absolute atomic E-state index is 13.3. The molecule has 2 aromatic carbocycles. The first-order valence-corrected chi connectivity index (χ1v) is 9.72. The molecule has 1 aliphatic carbocycles. The number of nitrogens with one attached hydrogen (secondary N) is 1. The lowest BCUT2D eigenvalue weighted by Crippen LogP contribution is -2.36. The zero-order valence-electron chi connectivity index (χ0n) is 16.3. The number of Topliss-reactive ketones (excluding diaryl/α,β-unsaturated/α-hetero) is 1. The molecule has 29 heavy (non-hydrogen) atoms. The fourth-order valence-corrected chi connectivity index (χ4v) is 4.27. The first-order valence-electron chi connectivity index (χ1n) is 9.72. The second kappa shape index (κ2) is 6.37. The minimum atomic E-state index is -0.326. The van der Waals surface area contributed by atoms with Crippen LogP contribution < -0.4 is 5.32 Å². The monoisotopic (exact) mass is 388 g/mol. The summed E-state index contributed by atoms with van der Waals surface area (Å²) in [6.07, 6.45) is 1.28. The topological polar surface area (TPSA) is 59.8 Å². The van der Waals surface area contributed by atoms with Gasteiger partial charge in [0, 0.05) is 23.3 Å². The van der Waals surface area contributed by atoms with Gasteiger partial charge >= 0.3 is 0 Å². The van der Waals surface area contributed by atoms with Gasteiger partial charge in [0.25, 0.3) is 0 Å². The third-order valence-corrected chi connectivity index (χ3v) is 5.55. The molecular formula is C23H21FN4O. The van der Waals surface area contributed by atoms with Crippen LogP contribution in [0.1, 0.15) is 38.3 Å². The lowest BCUT2D eigenvalue weighted by Gasteiger charge is -2.38. The second-order valence-electron chi connectivity index (χ2n) is 8.48. The van der Waals surface area contributed by atoms with Crippen molar-refractivity contribution in [3.05, 3.63) is 77.2 Å². The van der Waals surface area contributed by atoms with Crippen LogP contribution in [0.2, 0.25) is 0 Å². The van der Waals surface area contributed by atoms with Gasteiger partial charge in [-0.05, 0) is 41.7 Å². The summed E-state index contributed by atoms with van der Waals surface area (Å²) in [6, 6.07) is 15.7. The van der Waals surface area contributed by atoms with E-state index < -0.39 is 0 Å². The largest absolute Gasteiger partial charge is 0.328 e. The van der Waals surface area contributed by atoms with E-state index in [4.69, 9.17) is 5.10 Å². The molecule has 0 radical (unpaired) electrons. The number of anilines is 1. The number of carbonyl (C=O) groups excluding carboxylic acids is 1. The molecule has 5 rings (SSSR count). The smallest absolute Gasteiger partial charge is 0.226 e. The fourth-order valence-electron chi connectivity index (χ4n) is 4.27. The average molecular weight is 388 g/mol. The molecule has 1 unspecified atom stereocenters. The summed E-state index contributed by atoms with van der Waals surface area (Å²) in [5.74, 6) is 0.937. The third kappa shape index (κ3) is 3.05. The number of rotatable bonds is 2. The fraction of sp³-hybridized carbons (Fsp3) is 0.261. The van der Waals surface area contributed by atoms with Crippen molar-refractivity contribution in [1.82, 2.24) is 14.8 Å². The van der Waals surface area contributed by atoms with Crippen molar-refractivity contribution < 1.29 is 9.18 Å². The van der Waals surface area contributed by atoms with E-state index in [2.05, 4.69) is 24.1 Å². The van der Waals surface area contributed by atoms with E-state index in [1.54, 1.807) is 16.8 Å². The van der Waals surface area contributed by atoms with Gasteiger partial charge in [0.05, 0.1) is 0 Å². The van der Waals surface area contributed by atoms with E-state index in [-0.39, 0.29) is 23.1 Å². The molecule has 1 aromatic heterocycles. The number of hydrogen-bond donors (Lipinski definition) is 1. The molecule has 2 aliphatic rings. The van der Waals surface area contributed by atoms with Gasteiger partial charge < -0.3 is 5.32 Å². The highest BCUT2D eigenvalue weighted by Crippen LogP contribution is 2.45. The van der Waals surface area contributed by atoms with Gasteiger partial charge in [-0.15, -0.1) is 5.10 Å². The van der Waals surface area contributed by atoms with Crippen LogP contribution in [0, 0.1) is 11.2 Å². The van der Waals surface area contributed by atoms with E-state index in [0.29, 0.717) is 18.2 Å². The van der Waals surface area contributed by atoms with Crippen LogP contribution in [0.25, 0.3) is 11.4 Å². The van der Waals surface area contributed by atoms with Gasteiger partial charge in [-0.3, -0.25) is 4.79 Å². The average Bonchev–Trinajstić information content (AvgIpc) is 3.10. The van der Waals surface area contributed by atoms with Gasteiger partial charge in [0.2, 0.25) is 5.95 Å². The number of halogens is 1. The first-order chi connectivity index (χ1) is 13.9. The predicted molar refractivity (Wildman–Crippen MR) is 109 cm³/mol. The zero-order valence-corrected chi connectivity index (χ0v) is 16.3. The van der Waals surface area contributed by atoms with E-state index >= 15 is 0 Å². The number of allylic oxidation sites excluding steroid dienone is 2.